The summed E-state index contributed by atoms with van der Waals surface area (Å²) in [5.41, 5.74) is 3.55. The molecule has 1 aliphatic heterocycles. The minimum absolute atomic E-state index is 0.0527. The molecule has 1 aromatic heterocycles. The molecule has 0 amide bonds. The Labute approximate surface area is 133 Å². The Kier molecular flexibility index (Phi) is 4.53. The van der Waals surface area contributed by atoms with Gasteiger partial charge >= 0.3 is 0 Å². The first-order chi connectivity index (χ1) is 9.66. The van der Waals surface area contributed by atoms with Gasteiger partial charge in [0.1, 0.15) is 5.82 Å². The molecule has 0 N–H and O–H groups in total. The molecule has 2 nitrogen and oxygen atoms in total. The maximum Gasteiger partial charge on any atom is 0.127 e. The molecule has 0 spiro atoms. The van der Waals surface area contributed by atoms with E-state index in [2.05, 4.69) is 53.2 Å². The molecule has 3 rings (SSSR count). The average Bonchev–Trinajstić information content (AvgIpc) is 2.81. The summed E-state index contributed by atoms with van der Waals surface area (Å²) in [6.07, 6.45) is 0. The van der Waals surface area contributed by atoms with Crippen LogP contribution >= 0.6 is 35.1 Å². The van der Waals surface area contributed by atoms with E-state index in [-0.39, 0.29) is 5.38 Å². The fraction of sp³-hybridized carbons (Fsp3) is 0.533. The highest BCUT2D eigenvalue weighted by Gasteiger charge is 2.21. The van der Waals surface area contributed by atoms with Crippen LogP contribution in [-0.2, 0) is 6.54 Å². The summed E-state index contributed by atoms with van der Waals surface area (Å²) in [5, 5.41) is 0.615. The number of hydrogen-bond acceptors (Lipinski definition) is 3. The number of fused-ring (bicyclic) bond motifs is 1. The summed E-state index contributed by atoms with van der Waals surface area (Å²) in [6, 6.07) is 6.40. The predicted octanol–water partition coefficient (Wildman–Crippen LogP) is 4.49. The zero-order chi connectivity index (χ0) is 14.1. The molecular weight excluding hydrogens is 308 g/mol. The van der Waals surface area contributed by atoms with Crippen LogP contribution in [0.5, 0.6) is 0 Å². The first-order valence-corrected chi connectivity index (χ1v) is 9.60. The second kappa shape index (κ2) is 6.20. The highest BCUT2D eigenvalue weighted by atomic mass is 35.5. The SMILES string of the molecule is Cc1cccc2c1nc(C(C)Cl)n2CC1CSCCS1. The molecule has 0 radical (unpaired) electrons. The van der Waals surface area contributed by atoms with Crippen LogP contribution in [0, 0.1) is 6.92 Å². The van der Waals surface area contributed by atoms with E-state index in [4.69, 9.17) is 16.6 Å². The van der Waals surface area contributed by atoms with Gasteiger partial charge in [0.2, 0.25) is 0 Å². The van der Waals surface area contributed by atoms with Crippen molar-refractivity contribution in [2.45, 2.75) is 31.0 Å². The van der Waals surface area contributed by atoms with Crippen molar-refractivity contribution in [3.05, 3.63) is 29.6 Å². The number of alkyl halides is 1. The highest BCUT2D eigenvalue weighted by molar-refractivity contribution is 8.06. The summed E-state index contributed by atoms with van der Waals surface area (Å²) in [5.74, 6) is 4.77. The third kappa shape index (κ3) is 2.83. The second-order valence-electron chi connectivity index (χ2n) is 5.21. The number of rotatable bonds is 3. The van der Waals surface area contributed by atoms with Gasteiger partial charge in [-0.1, -0.05) is 12.1 Å². The van der Waals surface area contributed by atoms with E-state index in [0.29, 0.717) is 5.25 Å². The first kappa shape index (κ1) is 14.6. The van der Waals surface area contributed by atoms with Crippen LogP contribution in [0.15, 0.2) is 18.2 Å². The van der Waals surface area contributed by atoms with Crippen LogP contribution in [0.4, 0.5) is 0 Å². The zero-order valence-corrected chi connectivity index (χ0v) is 14.2. The Hall–Kier alpha value is -0.320. The fourth-order valence-electron chi connectivity index (χ4n) is 2.65. The molecule has 108 valence electrons. The smallest absolute Gasteiger partial charge is 0.127 e. The minimum atomic E-state index is -0.0527. The lowest BCUT2D eigenvalue weighted by atomic mass is 10.2. The van der Waals surface area contributed by atoms with E-state index in [0.717, 1.165) is 17.9 Å². The quantitative estimate of drug-likeness (QED) is 0.774. The number of thioether (sulfide) groups is 2. The van der Waals surface area contributed by atoms with Gasteiger partial charge in [0, 0.05) is 29.1 Å². The number of aryl methyl sites for hydroxylation is 1. The van der Waals surface area contributed by atoms with Gasteiger partial charge in [0.25, 0.3) is 0 Å². The molecule has 2 aromatic rings. The van der Waals surface area contributed by atoms with Crippen molar-refractivity contribution in [1.29, 1.82) is 0 Å². The van der Waals surface area contributed by atoms with Gasteiger partial charge in [-0.15, -0.1) is 11.6 Å². The summed E-state index contributed by atoms with van der Waals surface area (Å²) < 4.78 is 2.34. The van der Waals surface area contributed by atoms with E-state index >= 15 is 0 Å². The summed E-state index contributed by atoms with van der Waals surface area (Å²) in [6.45, 7) is 5.15. The van der Waals surface area contributed by atoms with Gasteiger partial charge in [-0.2, -0.15) is 23.5 Å². The number of nitrogens with zero attached hydrogens (tertiary/aromatic N) is 2. The van der Waals surface area contributed by atoms with Crippen LogP contribution in [0.1, 0.15) is 23.7 Å². The third-order valence-corrected chi connectivity index (χ3v) is 6.66. The number of para-hydroxylation sites is 1. The normalized spacial score (nSPS) is 21.2. The Morgan fingerprint density at radius 3 is 3.00 bits per heavy atom. The molecule has 5 heteroatoms. The standard InChI is InChI=1S/C15H19ClN2S2/c1-10-4-3-5-13-14(10)17-15(11(2)16)18(13)8-12-9-19-6-7-20-12/h3-5,11-12H,6-9H2,1-2H3. The summed E-state index contributed by atoms with van der Waals surface area (Å²) >= 11 is 10.5. The van der Waals surface area contributed by atoms with E-state index < -0.39 is 0 Å². The molecule has 1 aromatic carbocycles. The number of halogens is 1. The van der Waals surface area contributed by atoms with Gasteiger partial charge in [0.05, 0.1) is 16.4 Å². The lowest BCUT2D eigenvalue weighted by molar-refractivity contribution is 0.667. The average molecular weight is 327 g/mol. The molecule has 0 saturated carbocycles. The zero-order valence-electron chi connectivity index (χ0n) is 11.8. The van der Waals surface area contributed by atoms with Crippen molar-refractivity contribution in [2.24, 2.45) is 0 Å². The van der Waals surface area contributed by atoms with Crippen molar-refractivity contribution < 1.29 is 0 Å². The number of hydrogen-bond donors (Lipinski definition) is 0. The van der Waals surface area contributed by atoms with E-state index in [9.17, 15) is 0 Å². The third-order valence-electron chi connectivity index (χ3n) is 3.64. The lowest BCUT2D eigenvalue weighted by Gasteiger charge is -2.23. The van der Waals surface area contributed by atoms with Crippen molar-refractivity contribution >= 4 is 46.2 Å². The molecule has 2 unspecified atom stereocenters. The Morgan fingerprint density at radius 1 is 1.45 bits per heavy atom. The van der Waals surface area contributed by atoms with Crippen molar-refractivity contribution in [2.75, 3.05) is 17.3 Å². The Balaban J connectivity index is 2.02. The van der Waals surface area contributed by atoms with Crippen LogP contribution in [0.2, 0.25) is 0 Å². The lowest BCUT2D eigenvalue weighted by Crippen LogP contribution is -2.21. The molecule has 1 saturated heterocycles. The van der Waals surface area contributed by atoms with Crippen LogP contribution in [0.3, 0.4) is 0 Å². The number of aromatic nitrogens is 2. The molecule has 2 atom stereocenters. The maximum absolute atomic E-state index is 6.35. The number of imidazole rings is 1. The highest BCUT2D eigenvalue weighted by Crippen LogP contribution is 2.30. The molecular formula is C15H19ClN2S2. The fourth-order valence-corrected chi connectivity index (χ4v) is 5.47. The van der Waals surface area contributed by atoms with Gasteiger partial charge in [-0.25, -0.2) is 4.98 Å². The molecule has 1 fully saturated rings. The van der Waals surface area contributed by atoms with Crippen molar-refractivity contribution in [3.8, 4) is 0 Å². The summed E-state index contributed by atoms with van der Waals surface area (Å²) in [4.78, 5) is 4.79. The van der Waals surface area contributed by atoms with Gasteiger partial charge < -0.3 is 4.57 Å². The van der Waals surface area contributed by atoms with Gasteiger partial charge in [-0.3, -0.25) is 0 Å². The van der Waals surface area contributed by atoms with E-state index in [1.165, 1.54) is 28.3 Å². The second-order valence-corrected chi connectivity index (χ2v) is 8.42. The number of benzene rings is 1. The van der Waals surface area contributed by atoms with Crippen molar-refractivity contribution in [1.82, 2.24) is 9.55 Å². The van der Waals surface area contributed by atoms with Crippen LogP contribution in [-0.4, -0.2) is 32.1 Å². The largest absolute Gasteiger partial charge is 0.326 e. The van der Waals surface area contributed by atoms with Crippen LogP contribution < -0.4 is 0 Å². The Bertz CT molecular complexity index is 603. The topological polar surface area (TPSA) is 17.8 Å². The molecule has 20 heavy (non-hydrogen) atoms. The minimum Gasteiger partial charge on any atom is -0.326 e. The molecule has 0 aliphatic carbocycles. The van der Waals surface area contributed by atoms with Crippen molar-refractivity contribution in [3.63, 3.8) is 0 Å². The predicted molar refractivity (Wildman–Crippen MR) is 92.3 cm³/mol. The van der Waals surface area contributed by atoms with E-state index in [1.807, 2.05) is 6.92 Å². The van der Waals surface area contributed by atoms with E-state index in [1.54, 1.807) is 0 Å². The monoisotopic (exact) mass is 326 g/mol. The molecule has 2 heterocycles. The summed E-state index contributed by atoms with van der Waals surface area (Å²) in [7, 11) is 0. The van der Waals surface area contributed by atoms with Crippen LogP contribution in [0.25, 0.3) is 11.0 Å². The molecule has 1 aliphatic rings. The van der Waals surface area contributed by atoms with Gasteiger partial charge in [0.15, 0.2) is 0 Å². The maximum atomic E-state index is 6.35. The first-order valence-electron chi connectivity index (χ1n) is 6.96. The van der Waals surface area contributed by atoms with Gasteiger partial charge in [-0.05, 0) is 25.5 Å². The Morgan fingerprint density at radius 2 is 2.30 bits per heavy atom. The molecule has 0 bridgehead atoms.